The summed E-state index contributed by atoms with van der Waals surface area (Å²) in [6, 6.07) is 4.45. The Balaban J connectivity index is 0.00000312. The monoisotopic (exact) mass is 391 g/mol. The van der Waals surface area contributed by atoms with E-state index in [1.165, 1.54) is 0 Å². The molecule has 1 saturated heterocycles. The van der Waals surface area contributed by atoms with E-state index in [9.17, 15) is 13.2 Å². The van der Waals surface area contributed by atoms with E-state index in [2.05, 4.69) is 10.0 Å². The van der Waals surface area contributed by atoms with Crippen molar-refractivity contribution in [3.63, 3.8) is 0 Å². The molecule has 0 aliphatic carbocycles. The number of hydrogen-bond acceptors (Lipinski definition) is 5. The predicted octanol–water partition coefficient (Wildman–Crippen LogP) is 1.87. The van der Waals surface area contributed by atoms with Gasteiger partial charge in [-0.05, 0) is 56.4 Å². The van der Waals surface area contributed by atoms with Gasteiger partial charge in [-0.2, -0.15) is 0 Å². The molecule has 0 radical (unpaired) electrons. The molecule has 1 fully saturated rings. The molecule has 1 aliphatic heterocycles. The second-order valence-electron chi connectivity index (χ2n) is 6.00. The third kappa shape index (κ3) is 6.14. The minimum atomic E-state index is -3.33. The SMILES string of the molecule is CCS(=O)(=O)Nc1ccc(NC(=O)C(N)C2CCOCC2)cc1C.Cl. The number of ether oxygens (including phenoxy) is 1. The van der Waals surface area contributed by atoms with Gasteiger partial charge >= 0.3 is 0 Å². The van der Waals surface area contributed by atoms with Crippen molar-refractivity contribution >= 4 is 39.7 Å². The highest BCUT2D eigenvalue weighted by molar-refractivity contribution is 7.92. The molecule has 0 bridgehead atoms. The number of aryl methyl sites for hydroxylation is 1. The van der Waals surface area contributed by atoms with Crippen LogP contribution in [0.25, 0.3) is 0 Å². The van der Waals surface area contributed by atoms with Gasteiger partial charge < -0.3 is 15.8 Å². The van der Waals surface area contributed by atoms with Gasteiger partial charge in [-0.3, -0.25) is 9.52 Å². The Labute approximate surface area is 155 Å². The van der Waals surface area contributed by atoms with Gasteiger partial charge in [0.15, 0.2) is 0 Å². The summed E-state index contributed by atoms with van der Waals surface area (Å²) in [7, 11) is -3.33. The van der Waals surface area contributed by atoms with Crippen LogP contribution >= 0.6 is 12.4 Å². The van der Waals surface area contributed by atoms with Crippen molar-refractivity contribution < 1.29 is 17.9 Å². The summed E-state index contributed by atoms with van der Waals surface area (Å²) in [5.41, 5.74) is 7.88. The fourth-order valence-electron chi connectivity index (χ4n) is 2.61. The molecule has 142 valence electrons. The summed E-state index contributed by atoms with van der Waals surface area (Å²) in [4.78, 5) is 12.3. The van der Waals surface area contributed by atoms with Gasteiger partial charge in [0.25, 0.3) is 0 Å². The summed E-state index contributed by atoms with van der Waals surface area (Å²) in [5.74, 6) is -0.107. The number of sulfonamides is 1. The molecule has 1 atom stereocenters. The van der Waals surface area contributed by atoms with E-state index in [0.717, 1.165) is 18.4 Å². The van der Waals surface area contributed by atoms with Crippen molar-refractivity contribution in [2.24, 2.45) is 11.7 Å². The number of nitrogens with two attached hydrogens (primary N) is 1. The lowest BCUT2D eigenvalue weighted by atomic mass is 9.92. The fraction of sp³-hybridized carbons (Fsp3) is 0.562. The smallest absolute Gasteiger partial charge is 0.241 e. The first-order valence-corrected chi connectivity index (χ1v) is 9.73. The summed E-state index contributed by atoms with van der Waals surface area (Å²) < 4.78 is 31.1. The highest BCUT2D eigenvalue weighted by Gasteiger charge is 2.26. The molecule has 0 aromatic heterocycles. The highest BCUT2D eigenvalue weighted by Crippen LogP contribution is 2.22. The minimum absolute atomic E-state index is 0. The predicted molar refractivity (Wildman–Crippen MR) is 102 cm³/mol. The quantitative estimate of drug-likeness (QED) is 0.685. The van der Waals surface area contributed by atoms with E-state index in [0.29, 0.717) is 24.6 Å². The summed E-state index contributed by atoms with van der Waals surface area (Å²) >= 11 is 0. The van der Waals surface area contributed by atoms with E-state index < -0.39 is 16.1 Å². The Kier molecular flexibility index (Phi) is 8.14. The van der Waals surface area contributed by atoms with Crippen LogP contribution in [0.2, 0.25) is 0 Å². The normalized spacial score (nSPS) is 16.6. The van der Waals surface area contributed by atoms with Gasteiger partial charge in [-0.15, -0.1) is 12.4 Å². The number of benzene rings is 1. The Hall–Kier alpha value is -1.35. The van der Waals surface area contributed by atoms with Crippen molar-refractivity contribution in [2.45, 2.75) is 32.7 Å². The molecule has 9 heteroatoms. The van der Waals surface area contributed by atoms with Gasteiger partial charge in [0.05, 0.1) is 17.5 Å². The zero-order valence-electron chi connectivity index (χ0n) is 14.4. The number of amides is 1. The molecule has 1 amide bonds. The molecule has 1 aliphatic rings. The van der Waals surface area contributed by atoms with Crippen LogP contribution in [0.3, 0.4) is 0 Å². The van der Waals surface area contributed by atoms with Crippen LogP contribution in [0.4, 0.5) is 11.4 Å². The van der Waals surface area contributed by atoms with Crippen molar-refractivity contribution in [3.05, 3.63) is 23.8 Å². The second-order valence-corrected chi connectivity index (χ2v) is 8.01. The van der Waals surface area contributed by atoms with Gasteiger partial charge in [0.1, 0.15) is 0 Å². The number of halogens is 1. The van der Waals surface area contributed by atoms with Crippen LogP contribution in [0.1, 0.15) is 25.3 Å². The van der Waals surface area contributed by atoms with Gasteiger partial charge in [0.2, 0.25) is 15.9 Å². The molecule has 0 saturated carbocycles. The van der Waals surface area contributed by atoms with E-state index in [4.69, 9.17) is 10.5 Å². The lowest BCUT2D eigenvalue weighted by Gasteiger charge is -2.26. The number of anilines is 2. The Morgan fingerprint density at radius 2 is 2.00 bits per heavy atom. The zero-order valence-corrected chi connectivity index (χ0v) is 16.1. The molecule has 1 aromatic rings. The number of rotatable bonds is 6. The maximum atomic E-state index is 12.3. The molecule has 7 nitrogen and oxygen atoms in total. The third-order valence-electron chi connectivity index (χ3n) is 4.22. The van der Waals surface area contributed by atoms with Crippen molar-refractivity contribution in [2.75, 3.05) is 29.0 Å². The van der Waals surface area contributed by atoms with Crippen LogP contribution in [0.5, 0.6) is 0 Å². The Morgan fingerprint density at radius 1 is 1.36 bits per heavy atom. The van der Waals surface area contributed by atoms with Crippen molar-refractivity contribution in [3.8, 4) is 0 Å². The first-order valence-electron chi connectivity index (χ1n) is 8.07. The maximum Gasteiger partial charge on any atom is 0.241 e. The first-order chi connectivity index (χ1) is 11.3. The maximum absolute atomic E-state index is 12.3. The minimum Gasteiger partial charge on any atom is -0.381 e. The molecule has 1 heterocycles. The van der Waals surface area contributed by atoms with E-state index in [1.807, 2.05) is 0 Å². The second kappa shape index (κ2) is 9.38. The number of carbonyl (C=O) groups excluding carboxylic acids is 1. The van der Waals surface area contributed by atoms with Gasteiger partial charge in [-0.25, -0.2) is 8.42 Å². The van der Waals surface area contributed by atoms with Crippen LogP contribution < -0.4 is 15.8 Å². The molecule has 1 unspecified atom stereocenters. The standard InChI is InChI=1S/C16H25N3O4S.ClH/c1-3-24(21,22)19-14-5-4-13(10-11(14)2)18-16(20)15(17)12-6-8-23-9-7-12;/h4-5,10,12,15,19H,3,6-9,17H2,1-2H3,(H,18,20);1H. The van der Waals surface area contributed by atoms with Crippen LogP contribution in [0.15, 0.2) is 18.2 Å². The molecular formula is C16H26ClN3O4S. The Morgan fingerprint density at radius 3 is 2.56 bits per heavy atom. The zero-order chi connectivity index (χ0) is 17.7. The summed E-state index contributed by atoms with van der Waals surface area (Å²) in [6.45, 7) is 4.62. The van der Waals surface area contributed by atoms with Gasteiger partial charge in [0, 0.05) is 18.9 Å². The fourth-order valence-corrected chi connectivity index (χ4v) is 3.32. The average Bonchev–Trinajstić information content (AvgIpc) is 2.57. The lowest BCUT2D eigenvalue weighted by molar-refractivity contribution is -0.119. The van der Waals surface area contributed by atoms with E-state index in [-0.39, 0.29) is 30.0 Å². The number of carbonyl (C=O) groups is 1. The van der Waals surface area contributed by atoms with Crippen LogP contribution in [0, 0.1) is 12.8 Å². The Bertz CT molecular complexity index is 691. The largest absolute Gasteiger partial charge is 0.381 e. The molecular weight excluding hydrogens is 366 g/mol. The van der Waals surface area contributed by atoms with Gasteiger partial charge in [-0.1, -0.05) is 0 Å². The number of nitrogens with one attached hydrogen (secondary N) is 2. The number of hydrogen-bond donors (Lipinski definition) is 3. The van der Waals surface area contributed by atoms with Crippen LogP contribution in [-0.2, 0) is 19.6 Å². The average molecular weight is 392 g/mol. The molecule has 1 aromatic carbocycles. The molecule has 4 N–H and O–H groups in total. The topological polar surface area (TPSA) is 111 Å². The van der Waals surface area contributed by atoms with E-state index in [1.54, 1.807) is 32.0 Å². The summed E-state index contributed by atoms with van der Waals surface area (Å²) in [6.07, 6.45) is 1.57. The molecule has 2 rings (SSSR count). The molecule has 25 heavy (non-hydrogen) atoms. The van der Waals surface area contributed by atoms with Crippen molar-refractivity contribution in [1.29, 1.82) is 0 Å². The first kappa shape index (κ1) is 21.7. The van der Waals surface area contributed by atoms with E-state index >= 15 is 0 Å². The highest BCUT2D eigenvalue weighted by atomic mass is 35.5. The summed E-state index contributed by atoms with van der Waals surface area (Å²) in [5, 5.41) is 2.80. The van der Waals surface area contributed by atoms with Crippen molar-refractivity contribution in [1.82, 2.24) is 0 Å². The molecule has 0 spiro atoms. The third-order valence-corrected chi connectivity index (χ3v) is 5.51. The van der Waals surface area contributed by atoms with Crippen LogP contribution in [-0.4, -0.2) is 39.3 Å². The lowest BCUT2D eigenvalue weighted by Crippen LogP contribution is -2.44.